The fraction of sp³-hybridized carbons (Fsp3) is 1.00. The molecule has 2 aliphatic rings. The van der Waals surface area contributed by atoms with Gasteiger partial charge in [0.2, 0.25) is 0 Å². The zero-order valence-corrected chi connectivity index (χ0v) is 10.3. The predicted octanol–water partition coefficient (Wildman–Crippen LogP) is 2.52. The molecule has 0 aromatic rings. The van der Waals surface area contributed by atoms with E-state index in [1.165, 1.54) is 51.5 Å². The molecular formula is C13H26N2. The Kier molecular flexibility index (Phi) is 3.36. The lowest BCUT2D eigenvalue weighted by Gasteiger charge is -2.40. The largest absolute Gasteiger partial charge is 0.326 e. The Morgan fingerprint density at radius 1 is 1.00 bits per heavy atom. The Hall–Kier alpha value is -0.0800. The maximum atomic E-state index is 6.21. The molecule has 2 rings (SSSR count). The van der Waals surface area contributed by atoms with Crippen molar-refractivity contribution in [1.82, 2.24) is 4.90 Å². The first-order valence-electron chi connectivity index (χ1n) is 6.64. The third-order valence-electron chi connectivity index (χ3n) is 4.59. The van der Waals surface area contributed by atoms with E-state index in [1.54, 1.807) is 0 Å². The first kappa shape index (κ1) is 11.4. The van der Waals surface area contributed by atoms with Crippen LogP contribution in [0.4, 0.5) is 0 Å². The third kappa shape index (κ3) is 2.21. The topological polar surface area (TPSA) is 29.3 Å². The van der Waals surface area contributed by atoms with Crippen molar-refractivity contribution in [2.45, 2.75) is 76.4 Å². The molecule has 2 fully saturated rings. The molecule has 0 aromatic heterocycles. The van der Waals surface area contributed by atoms with Gasteiger partial charge in [-0.05, 0) is 33.1 Å². The van der Waals surface area contributed by atoms with E-state index in [4.69, 9.17) is 5.73 Å². The fourth-order valence-corrected chi connectivity index (χ4v) is 3.36. The van der Waals surface area contributed by atoms with Crippen molar-refractivity contribution in [3.63, 3.8) is 0 Å². The highest BCUT2D eigenvalue weighted by Gasteiger charge is 2.42. The Bertz CT molecular complexity index is 205. The van der Waals surface area contributed by atoms with Crippen LogP contribution in [0.5, 0.6) is 0 Å². The van der Waals surface area contributed by atoms with E-state index in [0.717, 1.165) is 6.04 Å². The summed E-state index contributed by atoms with van der Waals surface area (Å²) in [4.78, 5) is 2.70. The van der Waals surface area contributed by atoms with Gasteiger partial charge in [0.1, 0.15) is 0 Å². The maximum absolute atomic E-state index is 6.21. The number of nitrogens with two attached hydrogens (primary N) is 1. The molecule has 1 saturated heterocycles. The summed E-state index contributed by atoms with van der Waals surface area (Å²) < 4.78 is 0. The zero-order valence-electron chi connectivity index (χ0n) is 10.3. The number of likely N-dealkylation sites (tertiary alicyclic amines) is 1. The molecule has 1 unspecified atom stereocenters. The number of nitrogens with zero attached hydrogens (tertiary/aromatic N) is 1. The highest BCUT2D eigenvalue weighted by molar-refractivity contribution is 5.00. The molecule has 88 valence electrons. The summed E-state index contributed by atoms with van der Waals surface area (Å²) in [5.74, 6) is 0. The van der Waals surface area contributed by atoms with E-state index < -0.39 is 0 Å². The average molecular weight is 210 g/mol. The van der Waals surface area contributed by atoms with Gasteiger partial charge in [0.25, 0.3) is 0 Å². The highest BCUT2D eigenvalue weighted by atomic mass is 15.3. The number of rotatable bonds is 1. The lowest BCUT2D eigenvalue weighted by Crippen LogP contribution is -2.52. The van der Waals surface area contributed by atoms with Gasteiger partial charge in [0.05, 0.1) is 0 Å². The first-order chi connectivity index (χ1) is 7.12. The molecular weight excluding hydrogens is 184 g/mol. The van der Waals surface area contributed by atoms with Crippen LogP contribution in [0.2, 0.25) is 0 Å². The summed E-state index contributed by atoms with van der Waals surface area (Å²) in [7, 11) is 0. The molecule has 1 saturated carbocycles. The van der Waals surface area contributed by atoms with Gasteiger partial charge in [-0.2, -0.15) is 0 Å². The minimum atomic E-state index is 0.231. The van der Waals surface area contributed by atoms with Crippen LogP contribution in [0.3, 0.4) is 0 Å². The molecule has 0 radical (unpaired) electrons. The average Bonchev–Trinajstić information content (AvgIpc) is 2.46. The molecule has 0 spiro atoms. The maximum Gasteiger partial charge on any atom is 0.0307 e. The zero-order chi connectivity index (χ0) is 10.9. The molecule has 1 aliphatic heterocycles. The highest BCUT2D eigenvalue weighted by Crippen LogP contribution is 2.34. The lowest BCUT2D eigenvalue weighted by atomic mass is 9.94. The number of hydrogen-bond donors (Lipinski definition) is 1. The first-order valence-corrected chi connectivity index (χ1v) is 6.64. The van der Waals surface area contributed by atoms with E-state index >= 15 is 0 Å². The van der Waals surface area contributed by atoms with Crippen molar-refractivity contribution in [2.75, 3.05) is 6.54 Å². The molecule has 1 heterocycles. The van der Waals surface area contributed by atoms with Gasteiger partial charge in [-0.25, -0.2) is 0 Å². The van der Waals surface area contributed by atoms with Crippen molar-refractivity contribution >= 4 is 0 Å². The van der Waals surface area contributed by atoms with Crippen LogP contribution in [0, 0.1) is 0 Å². The van der Waals surface area contributed by atoms with Crippen LogP contribution in [-0.2, 0) is 0 Å². The van der Waals surface area contributed by atoms with Gasteiger partial charge >= 0.3 is 0 Å². The Balaban J connectivity index is 2.03. The summed E-state index contributed by atoms with van der Waals surface area (Å²) >= 11 is 0. The molecule has 0 amide bonds. The molecule has 0 aromatic carbocycles. The number of hydrogen-bond acceptors (Lipinski definition) is 2. The monoisotopic (exact) mass is 210 g/mol. The van der Waals surface area contributed by atoms with Crippen molar-refractivity contribution in [3.8, 4) is 0 Å². The van der Waals surface area contributed by atoms with Crippen LogP contribution in [0.15, 0.2) is 0 Å². The Labute approximate surface area is 94.2 Å². The van der Waals surface area contributed by atoms with E-state index in [9.17, 15) is 0 Å². The van der Waals surface area contributed by atoms with Gasteiger partial charge in [-0.3, -0.25) is 4.90 Å². The predicted molar refractivity (Wildman–Crippen MR) is 64.9 cm³/mol. The second-order valence-corrected chi connectivity index (χ2v) is 5.89. The van der Waals surface area contributed by atoms with E-state index in [2.05, 4.69) is 18.7 Å². The van der Waals surface area contributed by atoms with Gasteiger partial charge < -0.3 is 5.73 Å². The smallest absolute Gasteiger partial charge is 0.0307 e. The van der Waals surface area contributed by atoms with Gasteiger partial charge in [0.15, 0.2) is 0 Å². The summed E-state index contributed by atoms with van der Waals surface area (Å²) in [5, 5.41) is 0. The minimum absolute atomic E-state index is 0.231. The van der Waals surface area contributed by atoms with Crippen molar-refractivity contribution in [1.29, 1.82) is 0 Å². The van der Waals surface area contributed by atoms with Crippen LogP contribution >= 0.6 is 0 Å². The molecule has 0 bridgehead atoms. The van der Waals surface area contributed by atoms with E-state index in [1.807, 2.05) is 0 Å². The SMILES string of the molecule is CC1(C)C(N)CCN1C1CCCCCC1. The van der Waals surface area contributed by atoms with Crippen LogP contribution in [0.25, 0.3) is 0 Å². The summed E-state index contributed by atoms with van der Waals surface area (Å²) in [5.41, 5.74) is 6.44. The summed E-state index contributed by atoms with van der Waals surface area (Å²) in [6, 6.07) is 1.19. The van der Waals surface area contributed by atoms with Crippen LogP contribution < -0.4 is 5.73 Å². The molecule has 2 heteroatoms. The quantitative estimate of drug-likeness (QED) is 0.674. The standard InChI is InChI=1S/C13H26N2/c1-13(2)12(14)9-10-15(13)11-7-5-3-4-6-8-11/h11-12H,3-10,14H2,1-2H3. The van der Waals surface area contributed by atoms with Gasteiger partial charge in [-0.1, -0.05) is 25.7 Å². The Morgan fingerprint density at radius 2 is 1.60 bits per heavy atom. The van der Waals surface area contributed by atoms with Crippen LogP contribution in [-0.4, -0.2) is 29.1 Å². The molecule has 15 heavy (non-hydrogen) atoms. The molecule has 1 atom stereocenters. The Morgan fingerprint density at radius 3 is 2.07 bits per heavy atom. The lowest BCUT2D eigenvalue weighted by molar-refractivity contribution is 0.0962. The summed E-state index contributed by atoms with van der Waals surface area (Å²) in [6.45, 7) is 5.88. The summed E-state index contributed by atoms with van der Waals surface area (Å²) in [6.07, 6.45) is 9.71. The van der Waals surface area contributed by atoms with Crippen molar-refractivity contribution < 1.29 is 0 Å². The van der Waals surface area contributed by atoms with Gasteiger partial charge in [-0.15, -0.1) is 0 Å². The van der Waals surface area contributed by atoms with E-state index in [0.29, 0.717) is 6.04 Å². The fourth-order valence-electron chi connectivity index (χ4n) is 3.36. The minimum Gasteiger partial charge on any atom is -0.326 e. The molecule has 2 nitrogen and oxygen atoms in total. The molecule has 1 aliphatic carbocycles. The van der Waals surface area contributed by atoms with Crippen molar-refractivity contribution in [2.24, 2.45) is 5.73 Å². The van der Waals surface area contributed by atoms with Gasteiger partial charge in [0, 0.05) is 24.2 Å². The van der Waals surface area contributed by atoms with E-state index in [-0.39, 0.29) is 5.54 Å². The normalized spacial score (nSPS) is 34.2. The third-order valence-corrected chi connectivity index (χ3v) is 4.59. The molecule has 2 N–H and O–H groups in total. The second-order valence-electron chi connectivity index (χ2n) is 5.89. The van der Waals surface area contributed by atoms with Crippen molar-refractivity contribution in [3.05, 3.63) is 0 Å². The van der Waals surface area contributed by atoms with Crippen LogP contribution in [0.1, 0.15) is 58.8 Å². The second kappa shape index (κ2) is 4.42.